The minimum Gasteiger partial charge on any atom is -0.508 e. The highest BCUT2D eigenvalue weighted by Crippen LogP contribution is 2.61. The molecule has 3 aliphatic carbocycles. The first-order valence-electron chi connectivity index (χ1n) is 17.7. The molecule has 5 rings (SSSR count). The summed E-state index contributed by atoms with van der Waals surface area (Å²) >= 11 is 0. The number of aliphatic hydroxyl groups excluding tert-OH is 2. The molecule has 2 aromatic carbocycles. The van der Waals surface area contributed by atoms with Crippen LogP contribution in [0, 0.1) is 29.1 Å². The van der Waals surface area contributed by atoms with Crippen LogP contribution in [0.1, 0.15) is 109 Å². The molecule has 46 heavy (non-hydrogen) atoms. The number of aromatic hydroxyl groups is 2. The number of hydrogen-bond acceptors (Lipinski definition) is 5. The van der Waals surface area contributed by atoms with Crippen molar-refractivity contribution >= 4 is 0 Å². The van der Waals surface area contributed by atoms with Crippen molar-refractivity contribution in [2.45, 2.75) is 116 Å². The van der Waals surface area contributed by atoms with Crippen LogP contribution >= 0.6 is 0 Å². The molecule has 3 saturated carbocycles. The van der Waals surface area contributed by atoms with Gasteiger partial charge in [-0.05, 0) is 128 Å². The van der Waals surface area contributed by atoms with Crippen molar-refractivity contribution in [3.8, 4) is 11.5 Å². The molecule has 2 aromatic rings. The quantitative estimate of drug-likeness (QED) is 0.160. The molecule has 0 radical (unpaired) electrons. The van der Waals surface area contributed by atoms with E-state index in [1.54, 1.807) is 24.3 Å². The van der Waals surface area contributed by atoms with Gasteiger partial charge in [0.2, 0.25) is 0 Å². The van der Waals surface area contributed by atoms with Gasteiger partial charge < -0.3 is 25.5 Å². The van der Waals surface area contributed by atoms with Crippen LogP contribution in [-0.4, -0.2) is 37.7 Å². The van der Waals surface area contributed by atoms with Gasteiger partial charge in [0.25, 0.3) is 0 Å². The molecule has 5 heteroatoms. The van der Waals surface area contributed by atoms with Gasteiger partial charge in [0, 0.05) is 0 Å². The maximum atomic E-state index is 12.3. The second-order valence-electron chi connectivity index (χ2n) is 14.9. The van der Waals surface area contributed by atoms with Crippen molar-refractivity contribution in [2.24, 2.45) is 29.1 Å². The molecule has 0 aromatic heterocycles. The molecule has 5 nitrogen and oxygen atoms in total. The number of phenols is 2. The van der Waals surface area contributed by atoms with Crippen molar-refractivity contribution in [1.82, 2.24) is 0 Å². The van der Waals surface area contributed by atoms with Crippen LogP contribution in [0.4, 0.5) is 0 Å². The highest BCUT2D eigenvalue weighted by molar-refractivity contribution is 5.40. The largest absolute Gasteiger partial charge is 0.508 e. The van der Waals surface area contributed by atoms with E-state index in [4.69, 9.17) is 0 Å². The summed E-state index contributed by atoms with van der Waals surface area (Å²) in [5, 5.41) is 52.9. The van der Waals surface area contributed by atoms with Crippen LogP contribution in [0.25, 0.3) is 0 Å². The summed E-state index contributed by atoms with van der Waals surface area (Å²) in [5.41, 5.74) is 3.68. The lowest BCUT2D eigenvalue weighted by Crippen LogP contribution is -2.38. The smallest absolute Gasteiger partial charge is 0.115 e. The third kappa shape index (κ3) is 7.17. The van der Waals surface area contributed by atoms with Gasteiger partial charge >= 0.3 is 0 Å². The average molecular weight is 629 g/mol. The number of fused-ring (bicyclic) bond motifs is 1. The summed E-state index contributed by atoms with van der Waals surface area (Å²) < 4.78 is 0. The lowest BCUT2D eigenvalue weighted by Gasteiger charge is -2.46. The van der Waals surface area contributed by atoms with Crippen LogP contribution in [0.15, 0.2) is 84.0 Å². The minimum atomic E-state index is -1.23. The number of allylic oxidation sites excluding steroid dienone is 3. The standard InChI is InChI=1S/C41H56O5/c1-5-6-8-30(22-24-41(46,32-12-16-34(42)17-13-32)33-14-18-35(43)19-15-33)27(2)36-20-21-37-31(9-7-23-40(36,37)4)11-10-29-25-38(44)28(3)39(45)26-29/h10-19,27,30,36-39,42-46H,3,5-9,20-26H2,1-2,4H3/b31-11-/t27-,30-,36-,37+,38-,39-,40-/m1/s1. The average Bonchev–Trinajstić information content (AvgIpc) is 3.40. The zero-order valence-electron chi connectivity index (χ0n) is 28.2. The summed E-state index contributed by atoms with van der Waals surface area (Å²) in [6.07, 6.45) is 15.2. The lowest BCUT2D eigenvalue weighted by atomic mass is 9.59. The molecule has 7 atom stereocenters. The van der Waals surface area contributed by atoms with Gasteiger partial charge in [-0.2, -0.15) is 0 Å². The fourth-order valence-corrected chi connectivity index (χ4v) is 9.36. The first-order valence-corrected chi connectivity index (χ1v) is 17.7. The normalized spacial score (nSPS) is 29.0. The number of aliphatic hydroxyl groups is 3. The molecule has 3 aliphatic rings. The minimum absolute atomic E-state index is 0.173. The monoisotopic (exact) mass is 628 g/mol. The Balaban J connectivity index is 1.36. The first-order chi connectivity index (χ1) is 22.0. The van der Waals surface area contributed by atoms with Gasteiger partial charge in [-0.1, -0.05) is 94.2 Å². The van der Waals surface area contributed by atoms with E-state index in [9.17, 15) is 25.5 Å². The molecule has 0 aliphatic heterocycles. The summed E-state index contributed by atoms with van der Waals surface area (Å²) in [7, 11) is 0. The molecule has 0 unspecified atom stereocenters. The van der Waals surface area contributed by atoms with Gasteiger partial charge in [-0.3, -0.25) is 0 Å². The molecule has 0 spiro atoms. The van der Waals surface area contributed by atoms with Crippen molar-refractivity contribution in [1.29, 1.82) is 0 Å². The van der Waals surface area contributed by atoms with Crippen LogP contribution in [0.2, 0.25) is 0 Å². The Hall–Kier alpha value is -2.86. The predicted molar refractivity (Wildman–Crippen MR) is 185 cm³/mol. The van der Waals surface area contributed by atoms with E-state index >= 15 is 0 Å². The lowest BCUT2D eigenvalue weighted by molar-refractivity contribution is 0.0385. The van der Waals surface area contributed by atoms with Crippen LogP contribution < -0.4 is 0 Å². The molecule has 0 amide bonds. The summed E-state index contributed by atoms with van der Waals surface area (Å²) in [6, 6.07) is 13.8. The van der Waals surface area contributed by atoms with Gasteiger partial charge in [-0.15, -0.1) is 0 Å². The van der Waals surface area contributed by atoms with Crippen molar-refractivity contribution in [3.63, 3.8) is 0 Å². The van der Waals surface area contributed by atoms with Gasteiger partial charge in [0.05, 0.1) is 12.2 Å². The number of unbranched alkanes of at least 4 members (excludes halogenated alkanes) is 1. The Morgan fingerprint density at radius 3 is 2.07 bits per heavy atom. The fourth-order valence-electron chi connectivity index (χ4n) is 9.36. The Bertz CT molecular complexity index is 1330. The summed E-state index contributed by atoms with van der Waals surface area (Å²) in [6.45, 7) is 11.1. The number of hydrogen-bond donors (Lipinski definition) is 5. The molecule has 5 N–H and O–H groups in total. The van der Waals surface area contributed by atoms with Crippen LogP contribution in [0.5, 0.6) is 11.5 Å². The molecule has 0 heterocycles. The second kappa shape index (κ2) is 14.5. The number of rotatable bonds is 11. The molecular weight excluding hydrogens is 572 g/mol. The maximum Gasteiger partial charge on any atom is 0.115 e. The van der Waals surface area contributed by atoms with E-state index < -0.39 is 17.8 Å². The number of phenolic OH excluding ortho intramolecular Hbond substituents is 2. The topological polar surface area (TPSA) is 101 Å². The summed E-state index contributed by atoms with van der Waals surface area (Å²) in [5.74, 6) is 2.48. The van der Waals surface area contributed by atoms with E-state index in [0.717, 1.165) is 42.4 Å². The van der Waals surface area contributed by atoms with Gasteiger partial charge in [-0.25, -0.2) is 0 Å². The fraction of sp³-hybridized carbons (Fsp3) is 0.561. The van der Waals surface area contributed by atoms with Crippen molar-refractivity contribution in [2.75, 3.05) is 0 Å². The molecule has 3 fully saturated rings. The van der Waals surface area contributed by atoms with Crippen molar-refractivity contribution < 1.29 is 25.5 Å². The zero-order valence-corrected chi connectivity index (χ0v) is 28.2. The Labute approximate surface area is 276 Å². The predicted octanol–water partition coefficient (Wildman–Crippen LogP) is 8.70. The Morgan fingerprint density at radius 2 is 1.50 bits per heavy atom. The number of benzene rings is 2. The Morgan fingerprint density at radius 1 is 0.913 bits per heavy atom. The first kappa shape index (κ1) is 34.5. The van der Waals surface area contributed by atoms with Crippen molar-refractivity contribution in [3.05, 3.63) is 95.1 Å². The van der Waals surface area contributed by atoms with E-state index in [0.29, 0.717) is 48.5 Å². The highest BCUT2D eigenvalue weighted by Gasteiger charge is 2.51. The Kier molecular flexibility index (Phi) is 10.9. The molecular formula is C41H56O5. The highest BCUT2D eigenvalue weighted by atomic mass is 16.3. The van der Waals surface area contributed by atoms with Crippen LogP contribution in [-0.2, 0) is 5.60 Å². The van der Waals surface area contributed by atoms with Crippen LogP contribution in [0.3, 0.4) is 0 Å². The SMILES string of the molecule is C=C1[C@H](O)CC(=C/C=C2/CCC[C@]3(C)[C@@H]([C@H](C)[C@H](CCCC)CCC(O)(c4ccc(O)cc4)c4ccc(O)cc4)CC[C@@H]23)C[C@H]1O. The molecule has 0 bridgehead atoms. The summed E-state index contributed by atoms with van der Waals surface area (Å²) in [4.78, 5) is 0. The van der Waals surface area contributed by atoms with Gasteiger partial charge in [0.1, 0.15) is 17.1 Å². The zero-order chi connectivity index (χ0) is 33.1. The third-order valence-corrected chi connectivity index (χ3v) is 12.2. The van der Waals surface area contributed by atoms with E-state index in [1.807, 2.05) is 24.3 Å². The van der Waals surface area contributed by atoms with Gasteiger partial charge in [0.15, 0.2) is 0 Å². The van der Waals surface area contributed by atoms with E-state index in [-0.39, 0.29) is 16.9 Å². The third-order valence-electron chi connectivity index (χ3n) is 12.2. The molecule has 250 valence electrons. The van der Waals surface area contributed by atoms with E-state index in [1.165, 1.54) is 37.7 Å². The van der Waals surface area contributed by atoms with E-state index in [2.05, 4.69) is 39.5 Å². The maximum absolute atomic E-state index is 12.3. The second-order valence-corrected chi connectivity index (χ2v) is 14.9. The molecule has 0 saturated heterocycles.